The molecule has 8 aromatic carbocycles. The summed E-state index contributed by atoms with van der Waals surface area (Å²) in [6.07, 6.45) is 28.7. The number of aromatic nitrogens is 6. The third-order valence-electron chi connectivity index (χ3n) is 16.2. The van der Waals surface area contributed by atoms with E-state index < -0.39 is 0 Å². The number of nitrogens with zero attached hydrogens (tertiary/aromatic N) is 6. The minimum absolute atomic E-state index is 0.792. The highest BCUT2D eigenvalue weighted by atomic mass is 14.8. The molecule has 14 rings (SSSR count). The van der Waals surface area contributed by atoms with Crippen molar-refractivity contribution < 1.29 is 0 Å². The van der Waals surface area contributed by atoms with Gasteiger partial charge in [0.15, 0.2) is 0 Å². The fourth-order valence-electron chi connectivity index (χ4n) is 11.4. The second kappa shape index (κ2) is 27.3. The monoisotopic (exact) mass is 1180 g/mol. The molecule has 0 amide bonds. The van der Waals surface area contributed by atoms with Gasteiger partial charge in [-0.2, -0.15) is 0 Å². The van der Waals surface area contributed by atoms with E-state index >= 15 is 0 Å². The van der Waals surface area contributed by atoms with Gasteiger partial charge in [-0.25, -0.2) is 0 Å². The maximum atomic E-state index is 5.06. The van der Waals surface area contributed by atoms with Gasteiger partial charge in [-0.15, -0.1) is 0 Å². The molecule has 14 aromatic rings. The van der Waals surface area contributed by atoms with Crippen LogP contribution in [0.3, 0.4) is 0 Å². The molecule has 92 heavy (non-hydrogen) atoms. The summed E-state index contributed by atoms with van der Waals surface area (Å²) in [5.41, 5.74) is 27.1. The Bertz CT molecular complexity index is 4390. The Morgan fingerprint density at radius 3 is 0.641 bits per heavy atom. The minimum Gasteiger partial charge on any atom is -0.256 e. The maximum Gasteiger partial charge on any atom is 0.0886 e. The average molecular weight is 1180 g/mol. The predicted octanol–water partition coefficient (Wildman–Crippen LogP) is 21.7. The van der Waals surface area contributed by atoms with E-state index in [1.165, 1.54) is 0 Å². The van der Waals surface area contributed by atoms with Crippen LogP contribution in [0.25, 0.3) is 150 Å². The van der Waals surface area contributed by atoms with Crippen molar-refractivity contribution in [1.29, 1.82) is 0 Å². The molecule has 0 saturated heterocycles. The van der Waals surface area contributed by atoms with Crippen LogP contribution in [-0.4, -0.2) is 29.9 Å². The lowest BCUT2D eigenvalue weighted by Crippen LogP contribution is -1.92. The van der Waals surface area contributed by atoms with E-state index in [-0.39, 0.29) is 0 Å². The van der Waals surface area contributed by atoms with Crippen molar-refractivity contribution in [2.45, 2.75) is 0 Å². The van der Waals surface area contributed by atoms with Crippen LogP contribution in [0.15, 0.2) is 316 Å². The highest BCUT2D eigenvalue weighted by molar-refractivity contribution is 5.89. The van der Waals surface area contributed by atoms with Crippen LogP contribution in [0.1, 0.15) is 44.5 Å². The summed E-state index contributed by atoms with van der Waals surface area (Å²) in [4.78, 5) is 28.3. The topological polar surface area (TPSA) is 77.3 Å². The average Bonchev–Trinajstić information content (AvgIpc) is 1.01. The first-order valence-corrected chi connectivity index (χ1v) is 30.7. The van der Waals surface area contributed by atoms with Gasteiger partial charge >= 0.3 is 0 Å². The SMILES string of the molecule is C(=Cc1cc(/C=C\c2ccc(-c3ccccn3)cc2)cc(-c2ccccc2-c2ccc(-c3ccc(-c4ccccc4-c4cc(C=Cc5ccc(-c6ccccn6)cc5)cc(/C=C\c5ccc(-c6ccccn6)cc5)c4)cn3)nc2)c1)c1ccc(-c2ccccn2)cc1. The Morgan fingerprint density at radius 2 is 0.402 bits per heavy atom. The van der Waals surface area contributed by atoms with E-state index in [0.29, 0.717) is 0 Å². The molecular formula is C86H60N6. The second-order valence-electron chi connectivity index (χ2n) is 22.4. The third kappa shape index (κ3) is 13.8. The second-order valence-corrected chi connectivity index (χ2v) is 22.4. The van der Waals surface area contributed by atoms with Gasteiger partial charge in [0.25, 0.3) is 0 Å². The molecule has 434 valence electrons. The zero-order chi connectivity index (χ0) is 61.7. The first-order valence-electron chi connectivity index (χ1n) is 30.7. The molecule has 0 atom stereocenters. The molecule has 0 aliphatic carbocycles. The zero-order valence-corrected chi connectivity index (χ0v) is 50.3. The molecule has 0 radical (unpaired) electrons. The Kier molecular flexibility index (Phi) is 17.1. The molecule has 0 spiro atoms. The number of rotatable bonds is 17. The molecule has 0 unspecified atom stereocenters. The van der Waals surface area contributed by atoms with E-state index in [2.05, 4.69) is 275 Å². The third-order valence-corrected chi connectivity index (χ3v) is 16.2. The summed E-state index contributed by atoms with van der Waals surface area (Å²) in [5.74, 6) is 0. The van der Waals surface area contributed by atoms with Crippen molar-refractivity contribution in [2.75, 3.05) is 0 Å². The van der Waals surface area contributed by atoms with E-state index in [9.17, 15) is 0 Å². The molecule has 0 N–H and O–H groups in total. The molecule has 0 aliphatic heterocycles. The molecule has 6 heterocycles. The van der Waals surface area contributed by atoms with Crippen LogP contribution in [0.2, 0.25) is 0 Å². The number of benzene rings is 8. The normalized spacial score (nSPS) is 11.5. The lowest BCUT2D eigenvalue weighted by Gasteiger charge is -2.13. The first-order chi connectivity index (χ1) is 45.5. The smallest absolute Gasteiger partial charge is 0.0886 e. The minimum atomic E-state index is 0.792. The van der Waals surface area contributed by atoms with E-state index in [4.69, 9.17) is 9.97 Å². The van der Waals surface area contributed by atoms with Crippen molar-refractivity contribution in [3.8, 4) is 101 Å². The maximum absolute atomic E-state index is 5.06. The van der Waals surface area contributed by atoms with Gasteiger partial charge in [0, 0.05) is 70.6 Å². The Morgan fingerprint density at radius 1 is 0.163 bits per heavy atom. The Hall–Kier alpha value is -12.4. The largest absolute Gasteiger partial charge is 0.256 e. The number of pyridine rings is 6. The molecule has 6 heteroatoms. The number of hydrogen-bond donors (Lipinski definition) is 0. The van der Waals surface area contributed by atoms with E-state index in [1.54, 1.807) is 0 Å². The fourth-order valence-corrected chi connectivity index (χ4v) is 11.4. The van der Waals surface area contributed by atoms with Gasteiger partial charge in [-0.1, -0.05) is 231 Å². The molecule has 0 aliphatic rings. The van der Waals surface area contributed by atoms with Gasteiger partial charge in [0.05, 0.1) is 34.2 Å². The standard InChI is InChI=1S/C86H60N6/c1-3-15-79(75-55-65(25-21-61-29-37-69(38-30-61)81-17-5-9-49-87-81)53-66(56-75)26-22-62-31-39-70(40-32-62)82-18-6-10-50-88-82)77(13-1)73-45-47-85(91-59-73)86-48-46-74(60-92-86)78-14-2-4-16-80(78)76-57-67(27-23-63-33-41-71(42-34-63)83-19-7-11-51-89-83)54-68(58-76)28-24-64-35-43-72(44-36-64)84-20-8-12-52-90-84/h1-60H/b25-21-,26-22?,27-23-,28-24?. The zero-order valence-electron chi connectivity index (χ0n) is 50.3. The summed E-state index contributed by atoms with van der Waals surface area (Å²) in [6, 6.07) is 97.3. The summed E-state index contributed by atoms with van der Waals surface area (Å²) in [7, 11) is 0. The van der Waals surface area contributed by atoms with Crippen LogP contribution >= 0.6 is 0 Å². The summed E-state index contributed by atoms with van der Waals surface area (Å²) >= 11 is 0. The van der Waals surface area contributed by atoms with Crippen LogP contribution in [0, 0.1) is 0 Å². The highest BCUT2D eigenvalue weighted by Gasteiger charge is 2.14. The lowest BCUT2D eigenvalue weighted by atomic mass is 9.92. The van der Waals surface area contributed by atoms with Crippen molar-refractivity contribution in [1.82, 2.24) is 29.9 Å². The first kappa shape index (κ1) is 57.4. The van der Waals surface area contributed by atoms with Crippen molar-refractivity contribution in [3.63, 3.8) is 0 Å². The molecule has 0 fully saturated rings. The Balaban J connectivity index is 0.735. The molecule has 0 saturated carbocycles. The highest BCUT2D eigenvalue weighted by Crippen LogP contribution is 2.37. The van der Waals surface area contributed by atoms with E-state index in [0.717, 1.165) is 145 Å². The van der Waals surface area contributed by atoms with E-state index in [1.807, 2.05) is 110 Å². The Labute approximate surface area is 537 Å². The van der Waals surface area contributed by atoms with Gasteiger partial charge in [-0.05, 0) is 175 Å². The molecule has 0 bridgehead atoms. The molecular weight excluding hydrogens is 1120 g/mol. The summed E-state index contributed by atoms with van der Waals surface area (Å²) in [6.45, 7) is 0. The van der Waals surface area contributed by atoms with Gasteiger partial charge in [-0.3, -0.25) is 29.9 Å². The van der Waals surface area contributed by atoms with Crippen molar-refractivity contribution >= 4 is 48.6 Å². The van der Waals surface area contributed by atoms with Crippen LogP contribution in [0.4, 0.5) is 0 Å². The van der Waals surface area contributed by atoms with Crippen LogP contribution in [0.5, 0.6) is 0 Å². The number of hydrogen-bond acceptors (Lipinski definition) is 6. The predicted molar refractivity (Wildman–Crippen MR) is 384 cm³/mol. The van der Waals surface area contributed by atoms with Crippen LogP contribution in [-0.2, 0) is 0 Å². The van der Waals surface area contributed by atoms with Gasteiger partial charge in [0.1, 0.15) is 0 Å². The van der Waals surface area contributed by atoms with Gasteiger partial charge < -0.3 is 0 Å². The van der Waals surface area contributed by atoms with Gasteiger partial charge in [0.2, 0.25) is 0 Å². The fraction of sp³-hybridized carbons (Fsp3) is 0. The lowest BCUT2D eigenvalue weighted by molar-refractivity contribution is 1.25. The van der Waals surface area contributed by atoms with Crippen molar-refractivity contribution in [2.24, 2.45) is 0 Å². The summed E-state index contributed by atoms with van der Waals surface area (Å²) in [5, 5.41) is 0. The summed E-state index contributed by atoms with van der Waals surface area (Å²) < 4.78 is 0. The molecule has 6 nitrogen and oxygen atoms in total. The van der Waals surface area contributed by atoms with Crippen LogP contribution < -0.4 is 0 Å². The quantitative estimate of drug-likeness (QED) is 0.0846. The molecule has 6 aromatic heterocycles. The van der Waals surface area contributed by atoms with Crippen molar-refractivity contribution in [3.05, 3.63) is 361 Å².